The molecule has 1 aromatic carbocycles. The Kier molecular flexibility index (Phi) is 5.62. The Labute approximate surface area is 165 Å². The first-order valence-electron chi connectivity index (χ1n) is 8.21. The third kappa shape index (κ3) is 4.20. The summed E-state index contributed by atoms with van der Waals surface area (Å²) in [5, 5.41) is 7.71. The van der Waals surface area contributed by atoms with Crippen LogP contribution in [0.3, 0.4) is 0 Å². The molecule has 6 nitrogen and oxygen atoms in total. The molecule has 8 heteroatoms. The fourth-order valence-corrected chi connectivity index (χ4v) is 3.77. The molecule has 27 heavy (non-hydrogen) atoms. The van der Waals surface area contributed by atoms with E-state index in [9.17, 15) is 9.59 Å². The van der Waals surface area contributed by atoms with Gasteiger partial charge < -0.3 is 14.6 Å². The SMILES string of the molecule is CCOC(=O)c1noc(C)c1C(=O)Nc1ccc(-c2cc(C)cc(Cl)c2)s1. The van der Waals surface area contributed by atoms with Crippen LogP contribution in [0.15, 0.2) is 34.9 Å². The molecule has 3 aromatic rings. The Morgan fingerprint density at radius 1 is 1.26 bits per heavy atom. The molecule has 3 rings (SSSR count). The van der Waals surface area contributed by atoms with E-state index in [0.29, 0.717) is 10.0 Å². The summed E-state index contributed by atoms with van der Waals surface area (Å²) in [4.78, 5) is 25.6. The third-order valence-corrected chi connectivity index (χ3v) is 5.00. The highest BCUT2D eigenvalue weighted by molar-refractivity contribution is 7.19. The van der Waals surface area contributed by atoms with Crippen molar-refractivity contribution in [1.82, 2.24) is 5.16 Å². The molecule has 0 saturated carbocycles. The van der Waals surface area contributed by atoms with Gasteiger partial charge in [-0.1, -0.05) is 22.8 Å². The molecule has 0 unspecified atom stereocenters. The fraction of sp³-hybridized carbons (Fsp3) is 0.211. The molecule has 0 bridgehead atoms. The maximum atomic E-state index is 12.6. The number of rotatable bonds is 5. The number of aromatic nitrogens is 1. The van der Waals surface area contributed by atoms with Crippen molar-refractivity contribution in [2.24, 2.45) is 0 Å². The molecule has 1 N–H and O–H groups in total. The van der Waals surface area contributed by atoms with Gasteiger partial charge >= 0.3 is 5.97 Å². The second kappa shape index (κ2) is 7.94. The lowest BCUT2D eigenvalue weighted by Gasteiger charge is -2.04. The Balaban J connectivity index is 1.83. The minimum absolute atomic E-state index is 0.0713. The molecule has 0 aliphatic heterocycles. The maximum absolute atomic E-state index is 12.6. The minimum atomic E-state index is -0.694. The molecule has 0 radical (unpaired) electrons. The normalized spacial score (nSPS) is 10.7. The first-order valence-corrected chi connectivity index (χ1v) is 9.40. The maximum Gasteiger partial charge on any atom is 0.361 e. The van der Waals surface area contributed by atoms with E-state index in [2.05, 4.69) is 10.5 Å². The van der Waals surface area contributed by atoms with E-state index >= 15 is 0 Å². The number of benzene rings is 1. The van der Waals surface area contributed by atoms with Crippen molar-refractivity contribution >= 4 is 39.8 Å². The molecule has 0 atom stereocenters. The number of amides is 1. The van der Waals surface area contributed by atoms with Crippen LogP contribution in [0.2, 0.25) is 5.02 Å². The van der Waals surface area contributed by atoms with Crippen molar-refractivity contribution in [1.29, 1.82) is 0 Å². The summed E-state index contributed by atoms with van der Waals surface area (Å²) in [6.45, 7) is 5.39. The molecule has 0 saturated heterocycles. The van der Waals surface area contributed by atoms with E-state index < -0.39 is 11.9 Å². The number of esters is 1. The number of hydrogen-bond acceptors (Lipinski definition) is 6. The average Bonchev–Trinajstić information content (AvgIpc) is 3.21. The Morgan fingerprint density at radius 3 is 2.74 bits per heavy atom. The number of aryl methyl sites for hydroxylation is 2. The zero-order chi connectivity index (χ0) is 19.6. The largest absolute Gasteiger partial charge is 0.461 e. The van der Waals surface area contributed by atoms with Crippen molar-refractivity contribution in [2.45, 2.75) is 20.8 Å². The molecular formula is C19H17ClN2O4S. The predicted octanol–water partition coefficient (Wildman–Crippen LogP) is 5.10. The highest BCUT2D eigenvalue weighted by Gasteiger charge is 2.26. The Morgan fingerprint density at radius 2 is 2.04 bits per heavy atom. The number of anilines is 1. The summed E-state index contributed by atoms with van der Waals surface area (Å²) in [5.41, 5.74) is 1.96. The smallest absolute Gasteiger partial charge is 0.361 e. The summed E-state index contributed by atoms with van der Waals surface area (Å²) in [5.74, 6) is -0.925. The number of nitrogens with one attached hydrogen (secondary N) is 1. The van der Waals surface area contributed by atoms with Gasteiger partial charge in [0.25, 0.3) is 5.91 Å². The summed E-state index contributed by atoms with van der Waals surface area (Å²) < 4.78 is 9.92. The minimum Gasteiger partial charge on any atom is -0.461 e. The number of carbonyl (C=O) groups is 2. The van der Waals surface area contributed by atoms with Gasteiger partial charge in [-0.15, -0.1) is 11.3 Å². The molecule has 0 aliphatic carbocycles. The van der Waals surface area contributed by atoms with E-state index in [1.165, 1.54) is 11.3 Å². The molecule has 0 aliphatic rings. The number of thiophene rings is 1. The van der Waals surface area contributed by atoms with Crippen LogP contribution in [0, 0.1) is 13.8 Å². The van der Waals surface area contributed by atoms with Crippen LogP contribution >= 0.6 is 22.9 Å². The van der Waals surface area contributed by atoms with Gasteiger partial charge in [0.05, 0.1) is 11.6 Å². The number of hydrogen-bond donors (Lipinski definition) is 1. The lowest BCUT2D eigenvalue weighted by atomic mass is 10.1. The number of nitrogens with zero attached hydrogens (tertiary/aromatic N) is 1. The van der Waals surface area contributed by atoms with Gasteiger partial charge in [-0.3, -0.25) is 4.79 Å². The highest BCUT2D eigenvalue weighted by atomic mass is 35.5. The molecule has 2 heterocycles. The second-order valence-corrected chi connectivity index (χ2v) is 7.34. The molecule has 2 aromatic heterocycles. The zero-order valence-corrected chi connectivity index (χ0v) is 16.5. The van der Waals surface area contributed by atoms with Gasteiger partial charge in [-0.25, -0.2) is 4.79 Å². The van der Waals surface area contributed by atoms with Crippen molar-refractivity contribution in [3.8, 4) is 10.4 Å². The molecule has 1 amide bonds. The van der Waals surface area contributed by atoms with E-state index in [0.717, 1.165) is 16.0 Å². The standard InChI is InChI=1S/C19H17ClN2O4S/c1-4-25-19(24)17-16(11(3)26-22-17)18(23)21-15-6-5-14(27-15)12-7-10(2)8-13(20)9-12/h5-9H,4H2,1-3H3,(H,21,23). The summed E-state index contributed by atoms with van der Waals surface area (Å²) in [7, 11) is 0. The molecule has 0 spiro atoms. The van der Waals surface area contributed by atoms with Gasteiger partial charge in [-0.2, -0.15) is 0 Å². The topological polar surface area (TPSA) is 81.4 Å². The average molecular weight is 405 g/mol. The number of halogens is 1. The summed E-state index contributed by atoms with van der Waals surface area (Å²) >= 11 is 7.52. The van der Waals surface area contributed by atoms with E-state index in [4.69, 9.17) is 20.9 Å². The fourth-order valence-electron chi connectivity index (χ4n) is 2.59. The lowest BCUT2D eigenvalue weighted by molar-refractivity contribution is 0.0512. The third-order valence-electron chi connectivity index (χ3n) is 3.73. The van der Waals surface area contributed by atoms with Gasteiger partial charge in [0, 0.05) is 9.90 Å². The van der Waals surface area contributed by atoms with Crippen LogP contribution in [0.4, 0.5) is 5.00 Å². The summed E-state index contributed by atoms with van der Waals surface area (Å²) in [6, 6.07) is 9.47. The van der Waals surface area contributed by atoms with Crippen LogP contribution < -0.4 is 5.32 Å². The van der Waals surface area contributed by atoms with Crippen LogP contribution in [0.25, 0.3) is 10.4 Å². The van der Waals surface area contributed by atoms with Crippen LogP contribution in [0.1, 0.15) is 39.1 Å². The quantitative estimate of drug-likeness (QED) is 0.598. The van der Waals surface area contributed by atoms with Crippen LogP contribution in [0.5, 0.6) is 0 Å². The molecule has 0 fully saturated rings. The van der Waals surface area contributed by atoms with Gasteiger partial charge in [0.2, 0.25) is 5.69 Å². The Bertz CT molecular complexity index is 989. The monoisotopic (exact) mass is 404 g/mol. The van der Waals surface area contributed by atoms with Crippen molar-refractivity contribution in [3.63, 3.8) is 0 Å². The van der Waals surface area contributed by atoms with Crippen LogP contribution in [-0.4, -0.2) is 23.6 Å². The highest BCUT2D eigenvalue weighted by Crippen LogP contribution is 2.33. The van der Waals surface area contributed by atoms with Gasteiger partial charge in [-0.05, 0) is 56.2 Å². The Hall–Kier alpha value is -2.64. The van der Waals surface area contributed by atoms with E-state index in [-0.39, 0.29) is 23.6 Å². The van der Waals surface area contributed by atoms with E-state index in [1.54, 1.807) is 19.9 Å². The lowest BCUT2D eigenvalue weighted by Crippen LogP contribution is -2.17. The molecular weight excluding hydrogens is 388 g/mol. The van der Waals surface area contributed by atoms with E-state index in [1.807, 2.05) is 31.2 Å². The van der Waals surface area contributed by atoms with Gasteiger partial charge in [0.1, 0.15) is 11.3 Å². The van der Waals surface area contributed by atoms with Crippen LogP contribution in [-0.2, 0) is 4.74 Å². The first-order chi connectivity index (χ1) is 12.9. The summed E-state index contributed by atoms with van der Waals surface area (Å²) in [6.07, 6.45) is 0. The van der Waals surface area contributed by atoms with Crippen molar-refractivity contribution in [2.75, 3.05) is 11.9 Å². The second-order valence-electron chi connectivity index (χ2n) is 5.82. The number of carbonyl (C=O) groups excluding carboxylic acids is 2. The van der Waals surface area contributed by atoms with Crippen molar-refractivity contribution in [3.05, 3.63) is 57.9 Å². The first kappa shape index (κ1) is 19.1. The van der Waals surface area contributed by atoms with Gasteiger partial charge in [0.15, 0.2) is 0 Å². The number of ether oxygens (including phenoxy) is 1. The zero-order valence-electron chi connectivity index (χ0n) is 15.0. The van der Waals surface area contributed by atoms with Crippen molar-refractivity contribution < 1.29 is 18.8 Å². The molecule has 140 valence electrons. The predicted molar refractivity (Wildman–Crippen MR) is 105 cm³/mol.